The van der Waals surface area contributed by atoms with Crippen molar-refractivity contribution in [1.82, 2.24) is 5.16 Å². The number of nitrogens with one attached hydrogen (secondary N) is 2. The van der Waals surface area contributed by atoms with E-state index in [1.807, 2.05) is 18.2 Å². The van der Waals surface area contributed by atoms with Crippen LogP contribution in [0.3, 0.4) is 0 Å². The highest BCUT2D eigenvalue weighted by molar-refractivity contribution is 7.80. The van der Waals surface area contributed by atoms with E-state index in [1.165, 1.54) is 6.26 Å². The van der Waals surface area contributed by atoms with Gasteiger partial charge in [-0.25, -0.2) is 0 Å². The largest absolute Gasteiger partial charge is 0.363 e. The normalized spacial score (nSPS) is 9.81. The summed E-state index contributed by atoms with van der Waals surface area (Å²) in [5.41, 5.74) is 0.741. The number of aromatic nitrogens is 1. The molecule has 82 valence electrons. The third kappa shape index (κ3) is 2.71. The Labute approximate surface area is 103 Å². The summed E-state index contributed by atoms with van der Waals surface area (Å²) in [7, 11) is 0. The smallest absolute Gasteiger partial charge is 0.176 e. The van der Waals surface area contributed by atoms with Gasteiger partial charge in [0.15, 0.2) is 10.9 Å². The molecule has 0 spiro atoms. The number of benzene rings is 1. The fourth-order valence-corrected chi connectivity index (χ4v) is 1.51. The molecule has 4 nitrogen and oxygen atoms in total. The molecule has 0 aliphatic rings. The van der Waals surface area contributed by atoms with E-state index in [4.69, 9.17) is 23.8 Å². The van der Waals surface area contributed by atoms with Crippen LogP contribution < -0.4 is 10.6 Å². The van der Waals surface area contributed by atoms with Crippen molar-refractivity contribution in [2.24, 2.45) is 0 Å². The van der Waals surface area contributed by atoms with Gasteiger partial charge in [0.2, 0.25) is 0 Å². The van der Waals surface area contributed by atoms with E-state index in [9.17, 15) is 0 Å². The molecule has 2 N–H and O–H groups in total. The Balaban J connectivity index is 2.00. The van der Waals surface area contributed by atoms with Gasteiger partial charge in [0.25, 0.3) is 0 Å². The van der Waals surface area contributed by atoms with Gasteiger partial charge in [0.05, 0.1) is 10.7 Å². The summed E-state index contributed by atoms with van der Waals surface area (Å²) >= 11 is 11.0. The number of anilines is 2. The Morgan fingerprint density at radius 1 is 1.25 bits per heavy atom. The van der Waals surface area contributed by atoms with Crippen LogP contribution in [0, 0.1) is 0 Å². The summed E-state index contributed by atoms with van der Waals surface area (Å²) in [5.74, 6) is 0.546. The van der Waals surface area contributed by atoms with E-state index < -0.39 is 0 Å². The quantitative estimate of drug-likeness (QED) is 0.806. The highest BCUT2D eigenvalue weighted by atomic mass is 35.5. The zero-order valence-corrected chi connectivity index (χ0v) is 9.68. The van der Waals surface area contributed by atoms with Crippen LogP contribution in [0.5, 0.6) is 0 Å². The summed E-state index contributed by atoms with van der Waals surface area (Å²) < 4.78 is 4.66. The minimum atomic E-state index is 0.405. The predicted octanol–water partition coefficient (Wildman–Crippen LogP) is 3.14. The summed E-state index contributed by atoms with van der Waals surface area (Å²) in [5, 5.41) is 10.5. The highest BCUT2D eigenvalue weighted by Crippen LogP contribution is 2.20. The Morgan fingerprint density at radius 3 is 2.75 bits per heavy atom. The maximum Gasteiger partial charge on any atom is 0.176 e. The molecule has 0 saturated carbocycles. The summed E-state index contributed by atoms with van der Waals surface area (Å²) in [6.45, 7) is 0. The summed E-state index contributed by atoms with van der Waals surface area (Å²) in [6, 6.07) is 9.00. The van der Waals surface area contributed by atoms with E-state index in [0.29, 0.717) is 16.0 Å². The molecule has 1 heterocycles. The zero-order valence-electron chi connectivity index (χ0n) is 8.11. The van der Waals surface area contributed by atoms with Crippen molar-refractivity contribution in [3.8, 4) is 0 Å². The molecule has 0 bridgehead atoms. The van der Waals surface area contributed by atoms with Crippen LogP contribution in [0.4, 0.5) is 11.5 Å². The van der Waals surface area contributed by atoms with Gasteiger partial charge < -0.3 is 15.2 Å². The predicted molar refractivity (Wildman–Crippen MR) is 67.8 cm³/mol. The molecular weight excluding hydrogens is 246 g/mol. The van der Waals surface area contributed by atoms with Gasteiger partial charge in [0.1, 0.15) is 6.26 Å². The number of halogens is 1. The minimum Gasteiger partial charge on any atom is -0.363 e. The van der Waals surface area contributed by atoms with E-state index in [1.54, 1.807) is 12.1 Å². The molecule has 1 aromatic heterocycles. The van der Waals surface area contributed by atoms with Crippen molar-refractivity contribution in [3.05, 3.63) is 41.6 Å². The number of thiocarbonyl (C=S) groups is 1. The Kier molecular flexibility index (Phi) is 3.38. The molecule has 16 heavy (non-hydrogen) atoms. The number of rotatable bonds is 2. The van der Waals surface area contributed by atoms with Gasteiger partial charge in [0, 0.05) is 6.07 Å². The highest BCUT2D eigenvalue weighted by Gasteiger charge is 2.03. The fraction of sp³-hybridized carbons (Fsp3) is 0. The molecule has 0 saturated heterocycles. The van der Waals surface area contributed by atoms with E-state index >= 15 is 0 Å². The molecule has 0 amide bonds. The van der Waals surface area contributed by atoms with Crippen molar-refractivity contribution >= 4 is 40.4 Å². The molecule has 2 rings (SSSR count). The third-order valence-electron chi connectivity index (χ3n) is 1.80. The molecule has 0 aliphatic heterocycles. The van der Waals surface area contributed by atoms with Crippen molar-refractivity contribution in [1.29, 1.82) is 0 Å². The fourth-order valence-electron chi connectivity index (χ4n) is 1.11. The van der Waals surface area contributed by atoms with Gasteiger partial charge in [-0.2, -0.15) is 0 Å². The van der Waals surface area contributed by atoms with Gasteiger partial charge in [-0.3, -0.25) is 0 Å². The van der Waals surface area contributed by atoms with Crippen LogP contribution in [-0.2, 0) is 0 Å². The van der Waals surface area contributed by atoms with Crippen LogP contribution in [0.15, 0.2) is 41.1 Å². The van der Waals surface area contributed by atoms with Crippen LogP contribution in [-0.4, -0.2) is 10.3 Å². The van der Waals surface area contributed by atoms with Crippen molar-refractivity contribution in [3.63, 3.8) is 0 Å². The average molecular weight is 254 g/mol. The van der Waals surface area contributed by atoms with Gasteiger partial charge in [-0.1, -0.05) is 28.9 Å². The minimum absolute atomic E-state index is 0.405. The summed E-state index contributed by atoms with van der Waals surface area (Å²) in [4.78, 5) is 0. The maximum atomic E-state index is 5.97. The van der Waals surface area contributed by atoms with Gasteiger partial charge >= 0.3 is 0 Å². The molecular formula is C10H8ClN3OS. The maximum absolute atomic E-state index is 5.97. The molecule has 6 heteroatoms. The first-order valence-electron chi connectivity index (χ1n) is 4.48. The topological polar surface area (TPSA) is 50.1 Å². The zero-order chi connectivity index (χ0) is 11.4. The lowest BCUT2D eigenvalue weighted by molar-refractivity contribution is 0.423. The van der Waals surface area contributed by atoms with E-state index in [-0.39, 0.29) is 0 Å². The lowest BCUT2D eigenvalue weighted by atomic mass is 10.3. The first-order chi connectivity index (χ1) is 7.75. The number of hydrogen-bond acceptors (Lipinski definition) is 3. The second kappa shape index (κ2) is 4.96. The molecule has 1 aromatic carbocycles. The van der Waals surface area contributed by atoms with Crippen LogP contribution in [0.25, 0.3) is 0 Å². The van der Waals surface area contributed by atoms with Gasteiger partial charge in [-0.15, -0.1) is 0 Å². The van der Waals surface area contributed by atoms with Crippen molar-refractivity contribution in [2.75, 3.05) is 10.6 Å². The standard InChI is InChI=1S/C10H8ClN3OS/c11-7-3-1-2-4-8(7)12-10(16)13-9-5-6-15-14-9/h1-6H,(H2,12,13,14,16). The molecule has 0 radical (unpaired) electrons. The van der Waals surface area contributed by atoms with Crippen LogP contribution in [0.2, 0.25) is 5.02 Å². The van der Waals surface area contributed by atoms with E-state index in [0.717, 1.165) is 5.69 Å². The molecule has 0 fully saturated rings. The lowest BCUT2D eigenvalue weighted by Gasteiger charge is -2.09. The Morgan fingerprint density at radius 2 is 2.06 bits per heavy atom. The second-order valence-electron chi connectivity index (χ2n) is 2.94. The molecule has 0 unspecified atom stereocenters. The van der Waals surface area contributed by atoms with Crippen molar-refractivity contribution < 1.29 is 4.52 Å². The number of para-hydroxylation sites is 1. The number of nitrogens with zero attached hydrogens (tertiary/aromatic N) is 1. The third-order valence-corrected chi connectivity index (χ3v) is 2.34. The SMILES string of the molecule is S=C(Nc1ccon1)Nc1ccccc1Cl. The Hall–Kier alpha value is -1.59. The molecule has 2 aromatic rings. The van der Waals surface area contributed by atoms with Gasteiger partial charge in [-0.05, 0) is 24.4 Å². The molecule has 0 aliphatic carbocycles. The lowest BCUT2D eigenvalue weighted by Crippen LogP contribution is -2.19. The van der Waals surface area contributed by atoms with Crippen LogP contribution in [0.1, 0.15) is 0 Å². The monoisotopic (exact) mass is 253 g/mol. The summed E-state index contributed by atoms with van der Waals surface area (Å²) in [6.07, 6.45) is 1.46. The first kappa shape index (κ1) is 10.9. The van der Waals surface area contributed by atoms with Crippen LogP contribution >= 0.6 is 23.8 Å². The first-order valence-corrected chi connectivity index (χ1v) is 5.27. The molecule has 0 atom stereocenters. The van der Waals surface area contributed by atoms with Crippen molar-refractivity contribution in [2.45, 2.75) is 0 Å². The average Bonchev–Trinajstić information content (AvgIpc) is 2.74. The number of hydrogen-bond donors (Lipinski definition) is 2. The Bertz CT molecular complexity index is 487. The second-order valence-corrected chi connectivity index (χ2v) is 3.76. The van der Waals surface area contributed by atoms with E-state index in [2.05, 4.69) is 20.3 Å².